The van der Waals surface area contributed by atoms with Crippen LogP contribution in [0.4, 0.5) is 5.69 Å². The fourth-order valence-corrected chi connectivity index (χ4v) is 4.45. The largest absolute Gasteiger partial charge is 0.495 e. The van der Waals surface area contributed by atoms with Gasteiger partial charge in [0.05, 0.1) is 7.11 Å². The number of amides is 1. The van der Waals surface area contributed by atoms with Crippen LogP contribution in [0.3, 0.4) is 0 Å². The molecule has 3 aromatic rings. The van der Waals surface area contributed by atoms with E-state index in [1.807, 2.05) is 30.3 Å². The van der Waals surface area contributed by atoms with Gasteiger partial charge in [0.15, 0.2) is 0 Å². The molecule has 0 saturated carbocycles. The van der Waals surface area contributed by atoms with Crippen LogP contribution in [0.15, 0.2) is 82.2 Å². The molecule has 0 bridgehead atoms. The molecule has 30 heavy (non-hydrogen) atoms. The maximum atomic E-state index is 13.2. The molecule has 1 N–H and O–H groups in total. The summed E-state index contributed by atoms with van der Waals surface area (Å²) in [5, 5.41) is 2.76. The first-order valence-corrected chi connectivity index (χ1v) is 11.3. The second-order valence-corrected chi connectivity index (χ2v) is 9.50. The minimum atomic E-state index is -3.89. The lowest BCUT2D eigenvalue weighted by Crippen LogP contribution is -2.27. The van der Waals surface area contributed by atoms with Gasteiger partial charge in [-0.25, -0.2) is 8.42 Å². The first-order chi connectivity index (χ1) is 14.3. The molecule has 0 heterocycles. The summed E-state index contributed by atoms with van der Waals surface area (Å²) < 4.78 is 33.8. The van der Waals surface area contributed by atoms with Gasteiger partial charge in [-0.2, -0.15) is 4.31 Å². The molecule has 0 saturated heterocycles. The standard InChI is InChI=1S/C22H21BrN2O4S/c1-25(15-16-6-4-3-5-7-16)30(27,28)21-14-17(8-13-20(21)29-2)22(26)24-19-11-9-18(23)10-12-19/h3-14H,15H2,1-2H3,(H,24,26). The zero-order valence-electron chi connectivity index (χ0n) is 16.5. The minimum absolute atomic E-state index is 0.0631. The zero-order valence-corrected chi connectivity index (χ0v) is 18.9. The zero-order chi connectivity index (χ0) is 21.7. The Hall–Kier alpha value is -2.68. The summed E-state index contributed by atoms with van der Waals surface area (Å²) in [6, 6.07) is 20.7. The molecule has 0 unspecified atom stereocenters. The molecule has 0 aliphatic carbocycles. The van der Waals surface area contributed by atoms with Gasteiger partial charge in [-0.1, -0.05) is 46.3 Å². The lowest BCUT2D eigenvalue weighted by Gasteiger charge is -2.19. The van der Waals surface area contributed by atoms with Gasteiger partial charge in [-0.05, 0) is 48.0 Å². The summed E-state index contributed by atoms with van der Waals surface area (Å²) in [5.41, 5.74) is 1.67. The summed E-state index contributed by atoms with van der Waals surface area (Å²) in [6.07, 6.45) is 0. The maximum Gasteiger partial charge on any atom is 0.255 e. The Morgan fingerprint density at radius 2 is 1.70 bits per heavy atom. The smallest absolute Gasteiger partial charge is 0.255 e. The minimum Gasteiger partial charge on any atom is -0.495 e. The molecule has 8 heteroatoms. The predicted molar refractivity (Wildman–Crippen MR) is 120 cm³/mol. The third-order valence-electron chi connectivity index (χ3n) is 4.46. The van der Waals surface area contributed by atoms with Crippen LogP contribution in [0.2, 0.25) is 0 Å². The second kappa shape index (κ2) is 9.42. The molecule has 3 rings (SSSR count). The fraction of sp³-hybridized carbons (Fsp3) is 0.136. The summed E-state index contributed by atoms with van der Waals surface area (Å²) in [6.45, 7) is 0.196. The fourth-order valence-electron chi connectivity index (χ4n) is 2.85. The van der Waals surface area contributed by atoms with Crippen LogP contribution < -0.4 is 10.1 Å². The van der Waals surface area contributed by atoms with Crippen LogP contribution in [0, 0.1) is 0 Å². The highest BCUT2D eigenvalue weighted by Gasteiger charge is 2.26. The van der Waals surface area contributed by atoms with E-state index in [-0.39, 0.29) is 22.8 Å². The van der Waals surface area contributed by atoms with Crippen molar-refractivity contribution in [2.75, 3.05) is 19.5 Å². The molecular formula is C22H21BrN2O4S. The van der Waals surface area contributed by atoms with Gasteiger partial charge in [0.2, 0.25) is 10.0 Å². The lowest BCUT2D eigenvalue weighted by atomic mass is 10.2. The van der Waals surface area contributed by atoms with Gasteiger partial charge in [0.25, 0.3) is 5.91 Å². The van der Waals surface area contributed by atoms with E-state index >= 15 is 0 Å². The van der Waals surface area contributed by atoms with Crippen molar-refractivity contribution in [3.8, 4) is 5.75 Å². The first-order valence-electron chi connectivity index (χ1n) is 9.06. The van der Waals surface area contributed by atoms with Crippen molar-refractivity contribution in [2.45, 2.75) is 11.4 Å². The number of nitrogens with zero attached hydrogens (tertiary/aromatic N) is 1. The highest BCUT2D eigenvalue weighted by molar-refractivity contribution is 9.10. The number of anilines is 1. The van der Waals surface area contributed by atoms with Gasteiger partial charge in [0.1, 0.15) is 10.6 Å². The van der Waals surface area contributed by atoms with Gasteiger partial charge >= 0.3 is 0 Å². The van der Waals surface area contributed by atoms with Crippen LogP contribution >= 0.6 is 15.9 Å². The van der Waals surface area contributed by atoms with Crippen molar-refractivity contribution < 1.29 is 17.9 Å². The van der Waals surface area contributed by atoms with Crippen molar-refractivity contribution in [1.29, 1.82) is 0 Å². The molecule has 0 radical (unpaired) electrons. The number of benzene rings is 3. The summed E-state index contributed by atoms with van der Waals surface area (Å²) in [7, 11) is -1.000. The summed E-state index contributed by atoms with van der Waals surface area (Å²) >= 11 is 3.34. The Bertz CT molecular complexity index is 1130. The van der Waals surface area contributed by atoms with E-state index in [9.17, 15) is 13.2 Å². The molecule has 1 amide bonds. The number of carbonyl (C=O) groups excluding carboxylic acids is 1. The average Bonchev–Trinajstić information content (AvgIpc) is 2.75. The van der Waals surface area contributed by atoms with Gasteiger partial charge < -0.3 is 10.1 Å². The topological polar surface area (TPSA) is 75.7 Å². The van der Waals surface area contributed by atoms with Gasteiger partial charge in [0, 0.05) is 29.3 Å². The van der Waals surface area contributed by atoms with Crippen LogP contribution in [-0.4, -0.2) is 32.8 Å². The average molecular weight is 489 g/mol. The van der Waals surface area contributed by atoms with E-state index in [4.69, 9.17) is 4.74 Å². The van der Waals surface area contributed by atoms with Crippen molar-refractivity contribution >= 4 is 37.5 Å². The van der Waals surface area contributed by atoms with Crippen LogP contribution in [0.25, 0.3) is 0 Å². The van der Waals surface area contributed by atoms with Crippen molar-refractivity contribution in [3.05, 3.63) is 88.4 Å². The Morgan fingerprint density at radius 1 is 1.03 bits per heavy atom. The number of halogens is 1. The quantitative estimate of drug-likeness (QED) is 0.529. The molecule has 0 aliphatic heterocycles. The number of sulfonamides is 1. The summed E-state index contributed by atoms with van der Waals surface area (Å²) in [5.74, 6) is -0.239. The van der Waals surface area contributed by atoms with E-state index in [1.54, 1.807) is 24.3 Å². The SMILES string of the molecule is COc1ccc(C(=O)Nc2ccc(Br)cc2)cc1S(=O)(=O)N(C)Cc1ccccc1. The monoisotopic (exact) mass is 488 g/mol. The number of nitrogens with one attached hydrogen (secondary N) is 1. The molecule has 0 spiro atoms. The lowest BCUT2D eigenvalue weighted by molar-refractivity contribution is 0.102. The van der Waals surface area contributed by atoms with Crippen molar-refractivity contribution in [1.82, 2.24) is 4.31 Å². The predicted octanol–water partition coefficient (Wildman–Crippen LogP) is 4.53. The third kappa shape index (κ3) is 5.08. The molecule has 0 aromatic heterocycles. The normalized spacial score (nSPS) is 11.3. The highest BCUT2D eigenvalue weighted by atomic mass is 79.9. The number of carbonyl (C=O) groups is 1. The van der Waals surface area contributed by atoms with Crippen LogP contribution in [0.5, 0.6) is 5.75 Å². The maximum absolute atomic E-state index is 13.2. The van der Waals surface area contributed by atoms with E-state index in [0.717, 1.165) is 10.0 Å². The Labute approximate surface area is 184 Å². The molecule has 0 aliphatic rings. The van der Waals surface area contributed by atoms with E-state index in [2.05, 4.69) is 21.2 Å². The van der Waals surface area contributed by atoms with Crippen LogP contribution in [-0.2, 0) is 16.6 Å². The third-order valence-corrected chi connectivity index (χ3v) is 6.82. The highest BCUT2D eigenvalue weighted by Crippen LogP contribution is 2.28. The summed E-state index contributed by atoms with van der Waals surface area (Å²) in [4.78, 5) is 12.6. The molecular weight excluding hydrogens is 468 g/mol. The second-order valence-electron chi connectivity index (χ2n) is 6.57. The van der Waals surface area contributed by atoms with Crippen molar-refractivity contribution in [2.24, 2.45) is 0 Å². The number of rotatable bonds is 7. The number of hydrogen-bond acceptors (Lipinski definition) is 4. The first kappa shape index (κ1) is 22.0. The van der Waals surface area contributed by atoms with E-state index in [0.29, 0.717) is 5.69 Å². The molecule has 6 nitrogen and oxygen atoms in total. The Kier molecular flexibility index (Phi) is 6.91. The van der Waals surface area contributed by atoms with E-state index < -0.39 is 15.9 Å². The van der Waals surface area contributed by atoms with Gasteiger partial charge in [-0.15, -0.1) is 0 Å². The van der Waals surface area contributed by atoms with Crippen molar-refractivity contribution in [3.63, 3.8) is 0 Å². The number of hydrogen-bond donors (Lipinski definition) is 1. The molecule has 0 fully saturated rings. The number of ether oxygens (including phenoxy) is 1. The molecule has 0 atom stereocenters. The molecule has 156 valence electrons. The van der Waals surface area contributed by atoms with Gasteiger partial charge in [-0.3, -0.25) is 4.79 Å². The molecule has 3 aromatic carbocycles. The Balaban J connectivity index is 1.89. The Morgan fingerprint density at radius 3 is 2.33 bits per heavy atom. The van der Waals surface area contributed by atoms with E-state index in [1.165, 1.54) is 36.7 Å². The number of methoxy groups -OCH3 is 1. The van der Waals surface area contributed by atoms with Crippen LogP contribution in [0.1, 0.15) is 15.9 Å².